The largest absolute Gasteiger partial charge is 0.396 e. The number of aliphatic hydroxyl groups excluding tert-OH is 1. The third-order valence-corrected chi connectivity index (χ3v) is 4.42. The van der Waals surface area contributed by atoms with Crippen LogP contribution in [0.15, 0.2) is 24.3 Å². The molecule has 80 valence electrons. The molecule has 1 nitrogen and oxygen atoms in total. The number of hydrogen-bond donors (Lipinski definition) is 1. The second kappa shape index (κ2) is 2.85. The Morgan fingerprint density at radius 1 is 1.27 bits per heavy atom. The van der Waals surface area contributed by atoms with E-state index in [1.165, 1.54) is 30.4 Å². The molecule has 1 N–H and O–H groups in total. The smallest absolute Gasteiger partial charge is 0.0488 e. The molecular weight excluding hydrogens is 184 g/mol. The zero-order valence-corrected chi connectivity index (χ0v) is 9.29. The molecule has 3 saturated carbocycles. The van der Waals surface area contributed by atoms with E-state index in [1.54, 1.807) is 0 Å². The first-order valence-electron chi connectivity index (χ1n) is 5.92. The van der Waals surface area contributed by atoms with E-state index in [0.29, 0.717) is 17.4 Å². The molecule has 1 aromatic rings. The van der Waals surface area contributed by atoms with Gasteiger partial charge in [-0.05, 0) is 47.6 Å². The van der Waals surface area contributed by atoms with Gasteiger partial charge >= 0.3 is 0 Å². The molecule has 15 heavy (non-hydrogen) atoms. The van der Waals surface area contributed by atoms with E-state index in [1.807, 2.05) is 0 Å². The van der Waals surface area contributed by atoms with Crippen LogP contribution in [0.3, 0.4) is 0 Å². The van der Waals surface area contributed by atoms with Crippen LogP contribution in [0.1, 0.15) is 37.3 Å². The SMILES string of the molecule is CCc1cccc(C23CC(CO)(C2)C3)c1. The van der Waals surface area contributed by atoms with Gasteiger partial charge in [-0.1, -0.05) is 31.2 Å². The van der Waals surface area contributed by atoms with Crippen molar-refractivity contribution in [2.75, 3.05) is 6.61 Å². The Morgan fingerprint density at radius 2 is 2.00 bits per heavy atom. The predicted molar refractivity (Wildman–Crippen MR) is 60.9 cm³/mol. The summed E-state index contributed by atoms with van der Waals surface area (Å²) in [6.45, 7) is 2.60. The van der Waals surface area contributed by atoms with Crippen molar-refractivity contribution < 1.29 is 5.11 Å². The first-order chi connectivity index (χ1) is 7.22. The van der Waals surface area contributed by atoms with E-state index >= 15 is 0 Å². The minimum atomic E-state index is 0.322. The summed E-state index contributed by atoms with van der Waals surface area (Å²) >= 11 is 0. The number of hydrogen-bond acceptors (Lipinski definition) is 1. The van der Waals surface area contributed by atoms with E-state index in [2.05, 4.69) is 31.2 Å². The Kier molecular flexibility index (Phi) is 1.79. The van der Waals surface area contributed by atoms with Crippen molar-refractivity contribution in [2.24, 2.45) is 5.41 Å². The Labute approximate surface area is 91.1 Å². The highest BCUT2D eigenvalue weighted by Crippen LogP contribution is 2.73. The van der Waals surface area contributed by atoms with Crippen molar-refractivity contribution in [3.8, 4) is 0 Å². The Hall–Kier alpha value is -0.820. The molecule has 0 aliphatic heterocycles. The number of aliphatic hydroxyl groups is 1. The van der Waals surface area contributed by atoms with Crippen LogP contribution < -0.4 is 0 Å². The van der Waals surface area contributed by atoms with Crippen LogP contribution in [-0.4, -0.2) is 11.7 Å². The molecular formula is C14H18O. The zero-order chi connectivity index (χ0) is 10.5. The van der Waals surface area contributed by atoms with Crippen molar-refractivity contribution in [1.29, 1.82) is 0 Å². The highest BCUT2D eigenvalue weighted by atomic mass is 16.3. The second-order valence-electron chi connectivity index (χ2n) is 5.52. The van der Waals surface area contributed by atoms with Crippen molar-refractivity contribution in [3.05, 3.63) is 35.4 Å². The predicted octanol–water partition coefficient (Wildman–Crippen LogP) is 2.66. The van der Waals surface area contributed by atoms with Gasteiger partial charge in [0, 0.05) is 6.61 Å². The van der Waals surface area contributed by atoms with Crippen LogP contribution in [0, 0.1) is 5.41 Å². The van der Waals surface area contributed by atoms with Crippen LogP contribution in [0.5, 0.6) is 0 Å². The van der Waals surface area contributed by atoms with Crippen LogP contribution in [0.4, 0.5) is 0 Å². The van der Waals surface area contributed by atoms with Crippen molar-refractivity contribution >= 4 is 0 Å². The van der Waals surface area contributed by atoms with Crippen molar-refractivity contribution in [1.82, 2.24) is 0 Å². The van der Waals surface area contributed by atoms with Gasteiger partial charge in [0.25, 0.3) is 0 Å². The average molecular weight is 202 g/mol. The lowest BCUT2D eigenvalue weighted by molar-refractivity contribution is -0.167. The van der Waals surface area contributed by atoms with Gasteiger partial charge in [0.15, 0.2) is 0 Å². The Balaban J connectivity index is 1.84. The molecule has 1 heteroatoms. The van der Waals surface area contributed by atoms with Gasteiger partial charge in [-0.3, -0.25) is 0 Å². The summed E-state index contributed by atoms with van der Waals surface area (Å²) in [5, 5.41) is 9.25. The van der Waals surface area contributed by atoms with Gasteiger partial charge in [0.2, 0.25) is 0 Å². The standard InChI is InChI=1S/C14H18O/c1-2-11-4-3-5-12(6-11)14-7-13(8-14,9-14)10-15/h3-6,15H,2,7-10H2,1H3. The van der Waals surface area contributed by atoms with Gasteiger partial charge in [-0.15, -0.1) is 0 Å². The van der Waals surface area contributed by atoms with Crippen LogP contribution in [-0.2, 0) is 11.8 Å². The van der Waals surface area contributed by atoms with Crippen LogP contribution in [0.25, 0.3) is 0 Å². The summed E-state index contributed by atoms with van der Waals surface area (Å²) < 4.78 is 0. The van der Waals surface area contributed by atoms with Gasteiger partial charge in [-0.25, -0.2) is 0 Å². The molecule has 3 aliphatic carbocycles. The molecule has 2 bridgehead atoms. The molecule has 0 spiro atoms. The lowest BCUT2D eigenvalue weighted by atomic mass is 9.34. The molecule has 1 aromatic carbocycles. The number of benzene rings is 1. The molecule has 3 aliphatic rings. The lowest BCUT2D eigenvalue weighted by Crippen LogP contribution is -2.66. The molecule has 0 unspecified atom stereocenters. The molecule has 0 radical (unpaired) electrons. The first-order valence-corrected chi connectivity index (χ1v) is 5.92. The number of aryl methyl sites for hydroxylation is 1. The van der Waals surface area contributed by atoms with Crippen LogP contribution in [0.2, 0.25) is 0 Å². The minimum absolute atomic E-state index is 0.322. The van der Waals surface area contributed by atoms with Gasteiger partial charge in [0.1, 0.15) is 0 Å². The summed E-state index contributed by atoms with van der Waals surface area (Å²) in [5.74, 6) is 0. The number of rotatable bonds is 3. The average Bonchev–Trinajstić information content (AvgIpc) is 2.15. The molecule has 0 aromatic heterocycles. The second-order valence-corrected chi connectivity index (χ2v) is 5.52. The fourth-order valence-corrected chi connectivity index (χ4v) is 3.59. The maximum Gasteiger partial charge on any atom is 0.0488 e. The molecule has 0 atom stereocenters. The zero-order valence-electron chi connectivity index (χ0n) is 9.29. The third kappa shape index (κ3) is 1.13. The fraction of sp³-hybridized carbons (Fsp3) is 0.571. The van der Waals surface area contributed by atoms with E-state index in [-0.39, 0.29) is 0 Å². The van der Waals surface area contributed by atoms with Crippen molar-refractivity contribution in [3.63, 3.8) is 0 Å². The summed E-state index contributed by atoms with van der Waals surface area (Å²) in [6.07, 6.45) is 4.76. The Bertz CT molecular complexity index is 374. The summed E-state index contributed by atoms with van der Waals surface area (Å²) in [5.41, 5.74) is 3.73. The highest BCUT2D eigenvalue weighted by Gasteiger charge is 2.67. The quantitative estimate of drug-likeness (QED) is 0.799. The van der Waals surface area contributed by atoms with E-state index in [4.69, 9.17) is 0 Å². The fourth-order valence-electron chi connectivity index (χ4n) is 3.59. The summed E-state index contributed by atoms with van der Waals surface area (Å²) in [4.78, 5) is 0. The highest BCUT2D eigenvalue weighted by molar-refractivity contribution is 5.40. The molecule has 4 rings (SSSR count). The van der Waals surface area contributed by atoms with Crippen molar-refractivity contribution in [2.45, 2.75) is 38.0 Å². The minimum Gasteiger partial charge on any atom is -0.396 e. The molecule has 0 heterocycles. The van der Waals surface area contributed by atoms with E-state index < -0.39 is 0 Å². The van der Waals surface area contributed by atoms with E-state index in [0.717, 1.165) is 6.42 Å². The van der Waals surface area contributed by atoms with Gasteiger partial charge in [0.05, 0.1) is 0 Å². The third-order valence-electron chi connectivity index (χ3n) is 4.42. The molecule has 3 fully saturated rings. The monoisotopic (exact) mass is 202 g/mol. The lowest BCUT2D eigenvalue weighted by Gasteiger charge is -2.70. The van der Waals surface area contributed by atoms with Gasteiger partial charge in [-0.2, -0.15) is 0 Å². The van der Waals surface area contributed by atoms with E-state index in [9.17, 15) is 5.11 Å². The van der Waals surface area contributed by atoms with Gasteiger partial charge < -0.3 is 5.11 Å². The normalized spacial score (nSPS) is 36.9. The first kappa shape index (κ1) is 9.41. The topological polar surface area (TPSA) is 20.2 Å². The maximum absolute atomic E-state index is 9.25. The van der Waals surface area contributed by atoms with Crippen LogP contribution >= 0.6 is 0 Å². The summed E-state index contributed by atoms with van der Waals surface area (Å²) in [6, 6.07) is 9.01. The molecule has 0 amide bonds. The summed E-state index contributed by atoms with van der Waals surface area (Å²) in [7, 11) is 0. The Morgan fingerprint density at radius 3 is 2.60 bits per heavy atom. The molecule has 0 saturated heterocycles. The maximum atomic E-state index is 9.25.